The second-order valence-electron chi connectivity index (χ2n) is 4.54. The summed E-state index contributed by atoms with van der Waals surface area (Å²) in [7, 11) is 0. The summed E-state index contributed by atoms with van der Waals surface area (Å²) in [6.45, 7) is 2.01. The van der Waals surface area contributed by atoms with Crippen LogP contribution in [0.15, 0.2) is 35.5 Å². The van der Waals surface area contributed by atoms with Gasteiger partial charge in [-0.2, -0.15) is 13.2 Å². The summed E-state index contributed by atoms with van der Waals surface area (Å²) in [6.07, 6.45) is 4.42. The number of halogens is 3. The lowest BCUT2D eigenvalue weighted by Crippen LogP contribution is -2.13. The van der Waals surface area contributed by atoms with Crippen molar-refractivity contribution in [2.75, 3.05) is 13.1 Å². The molecule has 0 spiro atoms. The number of alkyl halides is 3. The molecule has 1 aliphatic carbocycles. The van der Waals surface area contributed by atoms with Gasteiger partial charge in [-0.1, -0.05) is 24.3 Å². The lowest BCUT2D eigenvalue weighted by atomic mass is 9.96. The highest BCUT2D eigenvalue weighted by atomic mass is 19.4. The molecule has 0 saturated carbocycles. The monoisotopic (exact) mass is 243 g/mol. The third kappa shape index (κ3) is 3.46. The summed E-state index contributed by atoms with van der Waals surface area (Å²) < 4.78 is 37.1. The number of nitrogens with one attached hydrogen (secondary N) is 1. The first kappa shape index (κ1) is 12.4. The molecule has 0 amide bonds. The summed E-state index contributed by atoms with van der Waals surface area (Å²) >= 11 is 0. The van der Waals surface area contributed by atoms with Gasteiger partial charge in [0.15, 0.2) is 0 Å². The quantitative estimate of drug-likeness (QED) is 0.784. The molecule has 17 heavy (non-hydrogen) atoms. The third-order valence-corrected chi connectivity index (χ3v) is 3.23. The molecule has 0 bridgehead atoms. The van der Waals surface area contributed by atoms with Crippen LogP contribution in [0.4, 0.5) is 13.2 Å². The third-order valence-electron chi connectivity index (χ3n) is 3.23. The molecule has 0 radical (unpaired) electrons. The molecule has 0 aromatic heterocycles. The van der Waals surface area contributed by atoms with Gasteiger partial charge in [-0.05, 0) is 37.3 Å². The van der Waals surface area contributed by atoms with Crippen molar-refractivity contribution in [1.82, 2.24) is 5.32 Å². The van der Waals surface area contributed by atoms with Crippen LogP contribution in [0.3, 0.4) is 0 Å². The van der Waals surface area contributed by atoms with Crippen molar-refractivity contribution in [2.24, 2.45) is 5.92 Å². The Bertz CT molecular complexity index is 357. The second kappa shape index (κ2) is 5.08. The Morgan fingerprint density at radius 3 is 2.59 bits per heavy atom. The molecule has 1 saturated heterocycles. The smallest absolute Gasteiger partial charge is 0.316 e. The Balaban J connectivity index is 1.95. The van der Waals surface area contributed by atoms with Crippen LogP contribution in [-0.4, -0.2) is 19.3 Å². The van der Waals surface area contributed by atoms with Gasteiger partial charge in [0.05, 0.1) is 0 Å². The van der Waals surface area contributed by atoms with Gasteiger partial charge in [0.1, 0.15) is 0 Å². The molecular formula is C13H16F3N. The first-order valence-corrected chi connectivity index (χ1v) is 5.91. The highest BCUT2D eigenvalue weighted by molar-refractivity contribution is 5.32. The molecule has 2 rings (SSSR count). The predicted molar refractivity (Wildman–Crippen MR) is 61.6 cm³/mol. The van der Waals surface area contributed by atoms with E-state index in [9.17, 15) is 13.2 Å². The van der Waals surface area contributed by atoms with E-state index in [0.717, 1.165) is 25.1 Å². The maximum Gasteiger partial charge on any atom is 0.412 e. The first-order chi connectivity index (χ1) is 8.05. The van der Waals surface area contributed by atoms with E-state index < -0.39 is 11.7 Å². The van der Waals surface area contributed by atoms with Gasteiger partial charge in [-0.15, -0.1) is 0 Å². The van der Waals surface area contributed by atoms with E-state index in [0.29, 0.717) is 12.3 Å². The van der Waals surface area contributed by atoms with E-state index in [1.54, 1.807) is 6.08 Å². The standard InChI is InChI=1S/C13H16F3N/c14-13(15,16)12-5-3-10(4-6-12)1-2-11-7-8-17-9-11/h1-3,5,11,17H,4,6-9H2/b2-1-. The molecule has 4 heteroatoms. The zero-order valence-electron chi connectivity index (χ0n) is 9.56. The van der Waals surface area contributed by atoms with Crippen molar-refractivity contribution in [1.29, 1.82) is 0 Å². The number of hydrogen-bond acceptors (Lipinski definition) is 1. The molecule has 0 aromatic rings. The van der Waals surface area contributed by atoms with Crippen molar-refractivity contribution in [3.8, 4) is 0 Å². The molecule has 0 aromatic carbocycles. The van der Waals surface area contributed by atoms with Crippen LogP contribution < -0.4 is 5.32 Å². The van der Waals surface area contributed by atoms with Gasteiger partial charge in [0.2, 0.25) is 0 Å². The van der Waals surface area contributed by atoms with Crippen LogP contribution in [0.2, 0.25) is 0 Å². The zero-order valence-corrected chi connectivity index (χ0v) is 9.56. The van der Waals surface area contributed by atoms with Crippen LogP contribution in [0.25, 0.3) is 0 Å². The Morgan fingerprint density at radius 2 is 2.06 bits per heavy atom. The Labute approximate surface area is 99.1 Å². The minimum Gasteiger partial charge on any atom is -0.316 e. The first-order valence-electron chi connectivity index (χ1n) is 5.91. The van der Waals surface area contributed by atoms with Crippen molar-refractivity contribution < 1.29 is 13.2 Å². The normalized spacial score (nSPS) is 26.2. The van der Waals surface area contributed by atoms with E-state index in [1.165, 1.54) is 6.08 Å². The maximum absolute atomic E-state index is 12.4. The predicted octanol–water partition coefficient (Wildman–Crippen LogP) is 3.36. The van der Waals surface area contributed by atoms with Gasteiger partial charge >= 0.3 is 6.18 Å². The minimum absolute atomic E-state index is 0.0998. The van der Waals surface area contributed by atoms with Crippen LogP contribution in [-0.2, 0) is 0 Å². The van der Waals surface area contributed by atoms with Gasteiger partial charge < -0.3 is 5.32 Å². The fraction of sp³-hybridized carbons (Fsp3) is 0.538. The Hall–Kier alpha value is -1.03. The summed E-state index contributed by atoms with van der Waals surface area (Å²) in [5, 5.41) is 3.26. The van der Waals surface area contributed by atoms with Crippen LogP contribution in [0.1, 0.15) is 19.3 Å². The second-order valence-corrected chi connectivity index (χ2v) is 4.54. The summed E-state index contributed by atoms with van der Waals surface area (Å²) in [4.78, 5) is 0. The van der Waals surface area contributed by atoms with E-state index in [4.69, 9.17) is 0 Å². The molecule has 1 fully saturated rings. The molecule has 2 aliphatic rings. The molecule has 94 valence electrons. The Kier molecular flexibility index (Phi) is 3.72. The molecule has 1 aliphatic heterocycles. The lowest BCUT2D eigenvalue weighted by Gasteiger charge is -2.15. The SMILES string of the molecule is FC(F)(F)C1=CC=C(/C=C\C2CCNC2)CC1. The van der Waals surface area contributed by atoms with Crippen molar-refractivity contribution in [3.05, 3.63) is 35.5 Å². The van der Waals surface area contributed by atoms with E-state index in [-0.39, 0.29) is 6.42 Å². The summed E-state index contributed by atoms with van der Waals surface area (Å²) in [5.74, 6) is 0.531. The topological polar surface area (TPSA) is 12.0 Å². The average Bonchev–Trinajstić information content (AvgIpc) is 2.78. The van der Waals surface area contributed by atoms with Gasteiger partial charge in [0, 0.05) is 12.1 Å². The van der Waals surface area contributed by atoms with Crippen molar-refractivity contribution in [3.63, 3.8) is 0 Å². The van der Waals surface area contributed by atoms with Gasteiger partial charge in [0.25, 0.3) is 0 Å². The van der Waals surface area contributed by atoms with Crippen molar-refractivity contribution in [2.45, 2.75) is 25.4 Å². The highest BCUT2D eigenvalue weighted by Gasteiger charge is 2.33. The van der Waals surface area contributed by atoms with Gasteiger partial charge in [-0.3, -0.25) is 0 Å². The summed E-state index contributed by atoms with van der Waals surface area (Å²) in [6, 6.07) is 0. The summed E-state index contributed by atoms with van der Waals surface area (Å²) in [5.41, 5.74) is 0.571. The number of allylic oxidation sites excluding steroid dienone is 5. The maximum atomic E-state index is 12.4. The molecule has 1 unspecified atom stereocenters. The highest BCUT2D eigenvalue weighted by Crippen LogP contribution is 2.33. The van der Waals surface area contributed by atoms with E-state index >= 15 is 0 Å². The molecular weight excluding hydrogens is 227 g/mol. The number of rotatable bonds is 2. The van der Waals surface area contributed by atoms with E-state index in [1.807, 2.05) is 6.08 Å². The van der Waals surface area contributed by atoms with Crippen LogP contribution in [0.5, 0.6) is 0 Å². The van der Waals surface area contributed by atoms with E-state index in [2.05, 4.69) is 11.4 Å². The minimum atomic E-state index is -4.17. The van der Waals surface area contributed by atoms with Crippen LogP contribution >= 0.6 is 0 Å². The van der Waals surface area contributed by atoms with Crippen LogP contribution in [0, 0.1) is 5.92 Å². The average molecular weight is 243 g/mol. The Morgan fingerprint density at radius 1 is 1.24 bits per heavy atom. The molecule has 1 nitrogen and oxygen atoms in total. The fourth-order valence-corrected chi connectivity index (χ4v) is 2.13. The molecule has 1 N–H and O–H groups in total. The largest absolute Gasteiger partial charge is 0.412 e. The van der Waals surface area contributed by atoms with Crippen molar-refractivity contribution >= 4 is 0 Å². The zero-order chi connectivity index (χ0) is 12.3. The molecule has 1 heterocycles. The molecule has 1 atom stereocenters. The van der Waals surface area contributed by atoms with Gasteiger partial charge in [-0.25, -0.2) is 0 Å². The number of hydrogen-bond donors (Lipinski definition) is 1. The lowest BCUT2D eigenvalue weighted by molar-refractivity contribution is -0.0940. The fourth-order valence-electron chi connectivity index (χ4n) is 2.13.